The van der Waals surface area contributed by atoms with Crippen molar-refractivity contribution in [2.75, 3.05) is 6.61 Å². The van der Waals surface area contributed by atoms with E-state index in [9.17, 15) is 15.3 Å². The van der Waals surface area contributed by atoms with Crippen LogP contribution in [-0.4, -0.2) is 39.7 Å². The molecule has 3 unspecified atom stereocenters. The van der Waals surface area contributed by atoms with Crippen LogP contribution in [0.5, 0.6) is 17.2 Å². The van der Waals surface area contributed by atoms with Gasteiger partial charge in [-0.15, -0.1) is 0 Å². The molecule has 0 saturated heterocycles. The maximum absolute atomic E-state index is 10.5. The molecule has 34 heavy (non-hydrogen) atoms. The minimum atomic E-state index is -0.481. The molecule has 0 aromatic heterocycles. The maximum Gasteiger partial charge on any atom is 0.164 e. The molecule has 3 N–H and O–H groups in total. The second-order valence-corrected chi connectivity index (χ2v) is 9.11. The SMILES string of the molecule is CCOC1CC(C2=CC=C3C=CC4=C5C(=CCC4)C=CC2C35)=NC(c2c(O)cc(O)cc2O)=N1. The van der Waals surface area contributed by atoms with E-state index in [0.29, 0.717) is 13.0 Å². The Bertz CT molecular complexity index is 1310. The molecule has 0 amide bonds. The Balaban J connectivity index is 1.46. The lowest BCUT2D eigenvalue weighted by molar-refractivity contribution is 0.0739. The Labute approximate surface area is 198 Å². The summed E-state index contributed by atoms with van der Waals surface area (Å²) in [7, 11) is 0. The second-order valence-electron chi connectivity index (χ2n) is 9.11. The Hall–Kier alpha value is -3.64. The molecule has 5 aliphatic rings. The van der Waals surface area contributed by atoms with Gasteiger partial charge in [-0.05, 0) is 47.6 Å². The van der Waals surface area contributed by atoms with Crippen LogP contribution < -0.4 is 0 Å². The van der Waals surface area contributed by atoms with E-state index in [-0.39, 0.29) is 40.5 Å². The Kier molecular flexibility index (Phi) is 4.92. The summed E-state index contributed by atoms with van der Waals surface area (Å²) in [6.07, 6.45) is 17.9. The van der Waals surface area contributed by atoms with Crippen LogP contribution in [-0.2, 0) is 4.74 Å². The van der Waals surface area contributed by atoms with Gasteiger partial charge in [0.05, 0.1) is 5.71 Å². The summed E-state index contributed by atoms with van der Waals surface area (Å²) in [4.78, 5) is 9.38. The molecule has 172 valence electrons. The van der Waals surface area contributed by atoms with Crippen LogP contribution in [0.1, 0.15) is 31.7 Å². The number of phenolic OH excluding ortho intramolecular Hbond substituents is 3. The summed E-state index contributed by atoms with van der Waals surface area (Å²) in [5.41, 5.74) is 7.53. The molecular formula is C28H26N2O4. The quantitative estimate of drug-likeness (QED) is 0.596. The highest BCUT2D eigenvalue weighted by molar-refractivity contribution is 6.16. The van der Waals surface area contributed by atoms with Gasteiger partial charge in [0.15, 0.2) is 12.1 Å². The lowest BCUT2D eigenvalue weighted by Gasteiger charge is -2.41. The normalized spacial score (nSPS) is 26.9. The monoisotopic (exact) mass is 454 g/mol. The number of phenols is 3. The van der Waals surface area contributed by atoms with Crippen molar-refractivity contribution in [2.45, 2.75) is 32.4 Å². The molecule has 4 aliphatic carbocycles. The molecule has 3 atom stereocenters. The first-order chi connectivity index (χ1) is 16.5. The predicted octanol–water partition coefficient (Wildman–Crippen LogP) is 5.01. The molecule has 0 spiro atoms. The number of aromatic hydroxyl groups is 3. The molecule has 1 aliphatic heterocycles. The highest BCUT2D eigenvalue weighted by Crippen LogP contribution is 2.50. The van der Waals surface area contributed by atoms with Crippen molar-refractivity contribution < 1.29 is 20.1 Å². The van der Waals surface area contributed by atoms with Crippen molar-refractivity contribution in [1.29, 1.82) is 0 Å². The van der Waals surface area contributed by atoms with Crippen molar-refractivity contribution in [2.24, 2.45) is 21.8 Å². The number of hydrogen-bond donors (Lipinski definition) is 3. The van der Waals surface area contributed by atoms with Gasteiger partial charge in [-0.1, -0.05) is 42.5 Å². The van der Waals surface area contributed by atoms with Gasteiger partial charge in [-0.3, -0.25) is 0 Å². The Morgan fingerprint density at radius 2 is 1.88 bits per heavy atom. The van der Waals surface area contributed by atoms with E-state index in [4.69, 9.17) is 9.73 Å². The van der Waals surface area contributed by atoms with Gasteiger partial charge < -0.3 is 20.1 Å². The molecule has 6 rings (SSSR count). The van der Waals surface area contributed by atoms with Gasteiger partial charge in [0, 0.05) is 37.0 Å². The van der Waals surface area contributed by atoms with Crippen molar-refractivity contribution in [3.8, 4) is 17.2 Å². The molecule has 1 aromatic carbocycles. The smallest absolute Gasteiger partial charge is 0.164 e. The number of benzene rings is 1. The maximum atomic E-state index is 10.5. The summed E-state index contributed by atoms with van der Waals surface area (Å²) >= 11 is 0. The average molecular weight is 455 g/mol. The summed E-state index contributed by atoms with van der Waals surface area (Å²) in [5.74, 6) is -0.176. The highest BCUT2D eigenvalue weighted by Gasteiger charge is 2.40. The van der Waals surface area contributed by atoms with E-state index in [1.54, 1.807) is 0 Å². The van der Waals surface area contributed by atoms with E-state index in [2.05, 4.69) is 47.5 Å². The molecule has 0 bridgehead atoms. The first-order valence-corrected chi connectivity index (χ1v) is 11.8. The van der Waals surface area contributed by atoms with Gasteiger partial charge in [-0.2, -0.15) is 0 Å². The van der Waals surface area contributed by atoms with Crippen LogP contribution in [0.15, 0.2) is 92.5 Å². The molecule has 0 radical (unpaired) electrons. The number of ether oxygens (including phenoxy) is 1. The first kappa shape index (κ1) is 20.9. The number of aliphatic imine (C=N–C) groups is 2. The number of rotatable bonds is 4. The number of hydrogen-bond acceptors (Lipinski definition) is 6. The van der Waals surface area contributed by atoms with Crippen LogP contribution in [0, 0.1) is 11.8 Å². The predicted molar refractivity (Wildman–Crippen MR) is 131 cm³/mol. The van der Waals surface area contributed by atoms with E-state index >= 15 is 0 Å². The highest BCUT2D eigenvalue weighted by atomic mass is 16.5. The Morgan fingerprint density at radius 1 is 1.06 bits per heavy atom. The van der Waals surface area contributed by atoms with Crippen molar-refractivity contribution in [1.82, 2.24) is 0 Å². The summed E-state index contributed by atoms with van der Waals surface area (Å²) in [6, 6.07) is 2.35. The molecular weight excluding hydrogens is 428 g/mol. The first-order valence-electron chi connectivity index (χ1n) is 11.8. The van der Waals surface area contributed by atoms with E-state index in [1.165, 1.54) is 34.4 Å². The fourth-order valence-corrected chi connectivity index (χ4v) is 5.69. The minimum Gasteiger partial charge on any atom is -0.508 e. The van der Waals surface area contributed by atoms with Crippen LogP contribution in [0.3, 0.4) is 0 Å². The standard InChI is InChI=1S/C28H26N2O4/c1-2-34-24-14-21(29-28(30-24)27-22(32)12-18(31)13-23(27)33)19-10-8-17-7-6-15-4-3-5-16-9-11-20(19)26(17)25(15)16/h5-13,20,24,26,31-33H,2-4,14H2,1H3. The zero-order valence-electron chi connectivity index (χ0n) is 18.9. The Morgan fingerprint density at radius 3 is 2.68 bits per heavy atom. The summed E-state index contributed by atoms with van der Waals surface area (Å²) in [6.45, 7) is 2.39. The lowest BCUT2D eigenvalue weighted by Crippen LogP contribution is -2.33. The fourth-order valence-electron chi connectivity index (χ4n) is 5.69. The van der Waals surface area contributed by atoms with E-state index in [0.717, 1.165) is 24.1 Å². The third kappa shape index (κ3) is 3.29. The van der Waals surface area contributed by atoms with Crippen molar-refractivity contribution in [3.63, 3.8) is 0 Å². The van der Waals surface area contributed by atoms with Crippen LogP contribution >= 0.6 is 0 Å². The van der Waals surface area contributed by atoms with Gasteiger partial charge in [-0.25, -0.2) is 9.98 Å². The molecule has 0 fully saturated rings. The van der Waals surface area contributed by atoms with Crippen LogP contribution in [0.4, 0.5) is 0 Å². The van der Waals surface area contributed by atoms with Gasteiger partial charge >= 0.3 is 0 Å². The van der Waals surface area contributed by atoms with Crippen LogP contribution in [0.25, 0.3) is 0 Å². The van der Waals surface area contributed by atoms with Gasteiger partial charge in [0.2, 0.25) is 0 Å². The number of nitrogens with zero attached hydrogens (tertiary/aromatic N) is 2. The largest absolute Gasteiger partial charge is 0.508 e. The topological polar surface area (TPSA) is 94.6 Å². The molecule has 6 heteroatoms. The molecule has 1 aromatic rings. The molecule has 6 nitrogen and oxygen atoms in total. The average Bonchev–Trinajstić information content (AvgIpc) is 2.82. The summed E-state index contributed by atoms with van der Waals surface area (Å²) in [5, 5.41) is 30.6. The summed E-state index contributed by atoms with van der Waals surface area (Å²) < 4.78 is 5.86. The third-order valence-corrected chi connectivity index (χ3v) is 7.11. The second kappa shape index (κ2) is 7.99. The van der Waals surface area contributed by atoms with E-state index in [1.807, 2.05) is 6.92 Å². The minimum absolute atomic E-state index is 0.0922. The zero-order chi connectivity index (χ0) is 23.4. The van der Waals surface area contributed by atoms with Gasteiger partial charge in [0.1, 0.15) is 22.8 Å². The molecule has 0 saturated carbocycles. The van der Waals surface area contributed by atoms with Crippen LogP contribution in [0.2, 0.25) is 0 Å². The lowest BCUT2D eigenvalue weighted by atomic mass is 9.63. The third-order valence-electron chi connectivity index (χ3n) is 7.11. The van der Waals surface area contributed by atoms with Crippen molar-refractivity contribution >= 4 is 11.5 Å². The van der Waals surface area contributed by atoms with Gasteiger partial charge in [0.25, 0.3) is 0 Å². The fraction of sp³-hybridized carbons (Fsp3) is 0.286. The number of amidine groups is 1. The van der Waals surface area contributed by atoms with E-state index < -0.39 is 6.23 Å². The van der Waals surface area contributed by atoms with Crippen molar-refractivity contribution in [3.05, 3.63) is 88.1 Å². The number of allylic oxidation sites excluding steroid dienone is 12. The molecule has 1 heterocycles. The zero-order valence-corrected chi connectivity index (χ0v) is 18.9.